The maximum atomic E-state index is 12.9. The van der Waals surface area contributed by atoms with Gasteiger partial charge in [0.15, 0.2) is 17.2 Å². The van der Waals surface area contributed by atoms with Crippen LogP contribution in [0.2, 0.25) is 0 Å². The fourth-order valence-corrected chi connectivity index (χ4v) is 1.55. The number of aryl methyl sites for hydroxylation is 2. The molecule has 0 spiro atoms. The molecule has 0 saturated carbocycles. The summed E-state index contributed by atoms with van der Waals surface area (Å²) >= 11 is 0. The van der Waals surface area contributed by atoms with E-state index in [0.29, 0.717) is 6.08 Å². The Morgan fingerprint density at radius 3 is 2.55 bits per heavy atom. The second-order valence-corrected chi connectivity index (χ2v) is 4.50. The predicted molar refractivity (Wildman–Crippen MR) is 70.1 cm³/mol. The molecule has 2 N–H and O–H groups in total. The van der Waals surface area contributed by atoms with E-state index >= 15 is 0 Å². The average Bonchev–Trinajstić information content (AvgIpc) is 2.74. The van der Waals surface area contributed by atoms with Gasteiger partial charge in [0.25, 0.3) is 5.91 Å². The Kier molecular flexibility index (Phi) is 5.59. The Bertz CT molecular complexity index is 554. The van der Waals surface area contributed by atoms with Gasteiger partial charge in [-0.25, -0.2) is 4.98 Å². The van der Waals surface area contributed by atoms with Crippen LogP contribution in [0, 0.1) is 13.8 Å². The van der Waals surface area contributed by atoms with Crippen molar-refractivity contribution in [3.63, 3.8) is 0 Å². The predicted octanol–water partition coefficient (Wildman–Crippen LogP) is 1.86. The third-order valence-corrected chi connectivity index (χ3v) is 2.73. The monoisotopic (exact) mass is 322 g/mol. The molecule has 0 aliphatic carbocycles. The summed E-state index contributed by atoms with van der Waals surface area (Å²) in [6, 6.07) is 0. The maximum absolute atomic E-state index is 12.9. The zero-order valence-electron chi connectivity index (χ0n) is 12.3. The van der Waals surface area contributed by atoms with Crippen LogP contribution in [0.15, 0.2) is 16.8 Å². The van der Waals surface area contributed by atoms with E-state index in [9.17, 15) is 23.1 Å². The zero-order valence-corrected chi connectivity index (χ0v) is 12.3. The molecule has 0 aliphatic rings. The fourth-order valence-electron chi connectivity index (χ4n) is 1.55. The van der Waals surface area contributed by atoms with Crippen LogP contribution in [-0.2, 0) is 4.74 Å². The van der Waals surface area contributed by atoms with E-state index in [2.05, 4.69) is 9.72 Å². The van der Waals surface area contributed by atoms with Gasteiger partial charge in [0.05, 0.1) is 19.4 Å². The molecule has 1 heterocycles. The number of alkyl halides is 3. The van der Waals surface area contributed by atoms with E-state index in [0.717, 1.165) is 6.26 Å². The summed E-state index contributed by atoms with van der Waals surface area (Å²) < 4.78 is 48.5. The standard InChI is InChI=1S/C13H17F3N2O4/c1-4-21-6-5-12(20,13(14,15)16)7-17-11(19)10-8(2)22-9(3)18-10/h5-6,20H,4,7H2,1-3H3,(H,17,19)/b6-5+. The first-order valence-corrected chi connectivity index (χ1v) is 6.41. The van der Waals surface area contributed by atoms with Crippen molar-refractivity contribution in [1.82, 2.24) is 10.3 Å². The molecule has 1 aromatic heterocycles. The van der Waals surface area contributed by atoms with Gasteiger partial charge in [0.2, 0.25) is 0 Å². The van der Waals surface area contributed by atoms with Gasteiger partial charge in [-0.15, -0.1) is 0 Å². The Labute approximate surface area is 125 Å². The van der Waals surface area contributed by atoms with Gasteiger partial charge in [0, 0.05) is 6.92 Å². The molecule has 1 unspecified atom stereocenters. The highest BCUT2D eigenvalue weighted by molar-refractivity contribution is 5.93. The van der Waals surface area contributed by atoms with E-state index in [1.807, 2.05) is 5.32 Å². The van der Waals surface area contributed by atoms with E-state index in [4.69, 9.17) is 4.42 Å². The van der Waals surface area contributed by atoms with Crippen molar-refractivity contribution in [2.45, 2.75) is 32.5 Å². The quantitative estimate of drug-likeness (QED) is 0.781. The molecule has 1 atom stereocenters. The van der Waals surface area contributed by atoms with E-state index in [1.54, 1.807) is 6.92 Å². The lowest BCUT2D eigenvalue weighted by Crippen LogP contribution is -2.52. The van der Waals surface area contributed by atoms with Crippen LogP contribution >= 0.6 is 0 Å². The first-order valence-electron chi connectivity index (χ1n) is 6.41. The smallest absolute Gasteiger partial charge is 0.422 e. The summed E-state index contributed by atoms with van der Waals surface area (Å²) in [5.74, 6) is -0.484. The second-order valence-electron chi connectivity index (χ2n) is 4.50. The number of carbonyl (C=O) groups is 1. The van der Waals surface area contributed by atoms with Gasteiger partial charge in [-0.1, -0.05) is 0 Å². The molecule has 6 nitrogen and oxygen atoms in total. The van der Waals surface area contributed by atoms with Crippen LogP contribution in [0.1, 0.15) is 29.1 Å². The Hall–Kier alpha value is -2.03. The molecule has 0 fully saturated rings. The van der Waals surface area contributed by atoms with Crippen molar-refractivity contribution in [2.24, 2.45) is 0 Å². The first kappa shape index (κ1) is 18.0. The van der Waals surface area contributed by atoms with Crippen LogP contribution in [0.5, 0.6) is 0 Å². The number of hydrogen-bond acceptors (Lipinski definition) is 5. The largest absolute Gasteiger partial charge is 0.502 e. The molecule has 0 aromatic carbocycles. The van der Waals surface area contributed by atoms with Gasteiger partial charge in [-0.05, 0) is 19.9 Å². The number of aliphatic hydroxyl groups is 1. The molecular weight excluding hydrogens is 305 g/mol. The van der Waals surface area contributed by atoms with Crippen LogP contribution in [-0.4, -0.2) is 40.9 Å². The molecule has 22 heavy (non-hydrogen) atoms. The number of ether oxygens (including phenoxy) is 1. The lowest BCUT2D eigenvalue weighted by atomic mass is 10.0. The summed E-state index contributed by atoms with van der Waals surface area (Å²) in [6.07, 6.45) is -3.80. The van der Waals surface area contributed by atoms with Gasteiger partial charge < -0.3 is 19.6 Å². The molecule has 0 aliphatic heterocycles. The molecule has 0 radical (unpaired) electrons. The minimum Gasteiger partial charge on any atom is -0.502 e. The van der Waals surface area contributed by atoms with Crippen molar-refractivity contribution in [3.05, 3.63) is 29.7 Å². The fraction of sp³-hybridized carbons (Fsp3) is 0.538. The normalized spacial score (nSPS) is 14.9. The highest BCUT2D eigenvalue weighted by Gasteiger charge is 2.52. The van der Waals surface area contributed by atoms with Crippen molar-refractivity contribution in [3.8, 4) is 0 Å². The number of oxazole rings is 1. The molecule has 1 amide bonds. The second kappa shape index (κ2) is 6.82. The average molecular weight is 322 g/mol. The molecule has 0 saturated heterocycles. The van der Waals surface area contributed by atoms with E-state index < -0.39 is 24.2 Å². The number of hydrogen-bond donors (Lipinski definition) is 2. The van der Waals surface area contributed by atoms with Gasteiger partial charge in [0.1, 0.15) is 5.76 Å². The minimum absolute atomic E-state index is 0.129. The summed E-state index contributed by atoms with van der Waals surface area (Å²) in [5.41, 5.74) is -3.37. The van der Waals surface area contributed by atoms with Crippen molar-refractivity contribution in [1.29, 1.82) is 0 Å². The van der Waals surface area contributed by atoms with Gasteiger partial charge in [-0.2, -0.15) is 13.2 Å². The number of nitrogens with one attached hydrogen (secondary N) is 1. The van der Waals surface area contributed by atoms with Crippen molar-refractivity contribution >= 4 is 5.91 Å². The maximum Gasteiger partial charge on any atom is 0.422 e. The number of aromatic nitrogens is 1. The number of rotatable bonds is 6. The summed E-state index contributed by atoms with van der Waals surface area (Å²) in [4.78, 5) is 15.6. The van der Waals surface area contributed by atoms with Crippen molar-refractivity contribution < 1.29 is 32.2 Å². The molecule has 1 rings (SSSR count). The van der Waals surface area contributed by atoms with Crippen LogP contribution in [0.4, 0.5) is 13.2 Å². The van der Waals surface area contributed by atoms with Gasteiger partial charge >= 0.3 is 6.18 Å². The third kappa shape index (κ3) is 4.23. The number of nitrogens with zero attached hydrogens (tertiary/aromatic N) is 1. The lowest BCUT2D eigenvalue weighted by Gasteiger charge is -2.27. The minimum atomic E-state index is -4.98. The topological polar surface area (TPSA) is 84.6 Å². The van der Waals surface area contributed by atoms with E-state index in [1.165, 1.54) is 13.8 Å². The molecule has 1 aromatic rings. The number of halogens is 3. The highest BCUT2D eigenvalue weighted by Crippen LogP contribution is 2.31. The third-order valence-electron chi connectivity index (χ3n) is 2.73. The summed E-state index contributed by atoms with van der Waals surface area (Å²) in [7, 11) is 0. The van der Waals surface area contributed by atoms with Crippen LogP contribution in [0.3, 0.4) is 0 Å². The number of carbonyl (C=O) groups excluding carboxylic acids is 1. The summed E-state index contributed by atoms with van der Waals surface area (Å²) in [5, 5.41) is 11.7. The molecule has 0 bridgehead atoms. The zero-order chi connectivity index (χ0) is 17.0. The first-order chi connectivity index (χ1) is 10.1. The Morgan fingerprint density at radius 1 is 1.45 bits per heavy atom. The molecular formula is C13H17F3N2O4. The highest BCUT2D eigenvalue weighted by atomic mass is 19.4. The molecule has 9 heteroatoms. The lowest BCUT2D eigenvalue weighted by molar-refractivity contribution is -0.237. The Morgan fingerprint density at radius 2 is 2.09 bits per heavy atom. The molecule has 124 valence electrons. The number of amides is 1. The van der Waals surface area contributed by atoms with Gasteiger partial charge in [-0.3, -0.25) is 4.79 Å². The van der Waals surface area contributed by atoms with Crippen molar-refractivity contribution in [2.75, 3.05) is 13.2 Å². The van der Waals surface area contributed by atoms with E-state index in [-0.39, 0.29) is 24.0 Å². The van der Waals surface area contributed by atoms with Crippen LogP contribution in [0.25, 0.3) is 0 Å². The SMILES string of the molecule is CCO/C=C/C(O)(CNC(=O)c1nc(C)oc1C)C(F)(F)F. The van der Waals surface area contributed by atoms with Crippen LogP contribution < -0.4 is 5.32 Å². The summed E-state index contributed by atoms with van der Waals surface area (Å²) in [6.45, 7) is 3.60. The Balaban J connectivity index is 2.83.